The summed E-state index contributed by atoms with van der Waals surface area (Å²) in [6.07, 6.45) is 2.20. The van der Waals surface area contributed by atoms with Crippen LogP contribution in [-0.4, -0.2) is 37.3 Å². The summed E-state index contributed by atoms with van der Waals surface area (Å²) in [4.78, 5) is 12.9. The summed E-state index contributed by atoms with van der Waals surface area (Å²) in [6, 6.07) is 11.5. The van der Waals surface area contributed by atoms with E-state index in [2.05, 4.69) is 15.3 Å². The number of furan rings is 1. The Morgan fingerprint density at radius 3 is 2.68 bits per heavy atom. The molecule has 0 saturated carbocycles. The van der Waals surface area contributed by atoms with Crippen molar-refractivity contribution in [3.63, 3.8) is 0 Å². The van der Waals surface area contributed by atoms with Gasteiger partial charge in [0.2, 0.25) is 5.16 Å². The van der Waals surface area contributed by atoms with E-state index in [0.717, 1.165) is 11.3 Å². The van der Waals surface area contributed by atoms with Gasteiger partial charge in [0.1, 0.15) is 17.6 Å². The fourth-order valence-corrected chi connectivity index (χ4v) is 3.76. The molecule has 3 aromatic rings. The summed E-state index contributed by atoms with van der Waals surface area (Å²) in [7, 11) is 0. The number of rotatable bonds is 5. The normalized spacial score (nSPS) is 16.4. The van der Waals surface area contributed by atoms with Crippen LogP contribution in [0.3, 0.4) is 0 Å². The molecule has 1 aliphatic rings. The Hall–Kier alpha value is -3.07. The highest BCUT2D eigenvalue weighted by Crippen LogP contribution is 2.33. The molecule has 0 unspecified atom stereocenters. The number of benzene rings is 1. The topological polar surface area (TPSA) is 103 Å². The third-order valence-electron chi connectivity index (χ3n) is 4.58. The second kappa shape index (κ2) is 7.51. The number of carbonyl (C=O) groups is 1. The lowest BCUT2D eigenvalue weighted by molar-refractivity contribution is -0.130. The smallest absolute Gasteiger partial charge is 0.253 e. The average Bonchev–Trinajstić information content (AvgIpc) is 3.42. The minimum absolute atomic E-state index is 0.144. The van der Waals surface area contributed by atoms with Crippen LogP contribution in [0.15, 0.2) is 57.3 Å². The van der Waals surface area contributed by atoms with Crippen LogP contribution in [0, 0.1) is 13.8 Å². The number of aromatic nitrogens is 3. The Bertz CT molecular complexity index is 1010. The van der Waals surface area contributed by atoms with Crippen molar-refractivity contribution in [2.45, 2.75) is 31.5 Å². The number of amides is 1. The number of aryl methyl sites for hydroxylation is 2. The number of nitrogens with zero attached hydrogens (tertiary/aromatic N) is 5. The number of hydrazone groups is 1. The van der Waals surface area contributed by atoms with Gasteiger partial charge in [-0.1, -0.05) is 41.6 Å². The lowest BCUT2D eigenvalue weighted by Crippen LogP contribution is -2.28. The molecule has 0 saturated heterocycles. The summed E-state index contributed by atoms with van der Waals surface area (Å²) in [5.41, 5.74) is 3.04. The van der Waals surface area contributed by atoms with Gasteiger partial charge in [0, 0.05) is 6.42 Å². The molecule has 0 aliphatic carbocycles. The average molecular weight is 396 g/mol. The van der Waals surface area contributed by atoms with E-state index >= 15 is 0 Å². The predicted molar refractivity (Wildman–Crippen MR) is 106 cm³/mol. The van der Waals surface area contributed by atoms with Crippen molar-refractivity contribution in [2.75, 3.05) is 11.6 Å². The Labute approximate surface area is 166 Å². The van der Waals surface area contributed by atoms with Crippen LogP contribution >= 0.6 is 11.8 Å². The molecule has 144 valence electrons. The van der Waals surface area contributed by atoms with Gasteiger partial charge < -0.3 is 10.3 Å². The van der Waals surface area contributed by atoms with Gasteiger partial charge >= 0.3 is 0 Å². The molecule has 3 heterocycles. The second-order valence-corrected chi connectivity index (χ2v) is 7.52. The molecule has 0 fully saturated rings. The van der Waals surface area contributed by atoms with E-state index in [1.807, 2.05) is 43.3 Å². The van der Waals surface area contributed by atoms with Crippen molar-refractivity contribution in [1.82, 2.24) is 19.9 Å². The van der Waals surface area contributed by atoms with Crippen LogP contribution < -0.4 is 5.84 Å². The van der Waals surface area contributed by atoms with Crippen LogP contribution in [0.25, 0.3) is 0 Å². The first-order chi connectivity index (χ1) is 13.5. The molecular weight excluding hydrogens is 376 g/mol. The fourth-order valence-electron chi connectivity index (χ4n) is 3.00. The van der Waals surface area contributed by atoms with Crippen molar-refractivity contribution < 1.29 is 9.21 Å². The van der Waals surface area contributed by atoms with Crippen LogP contribution in [0.1, 0.15) is 35.2 Å². The Morgan fingerprint density at radius 1 is 1.25 bits per heavy atom. The van der Waals surface area contributed by atoms with Crippen LogP contribution in [0.2, 0.25) is 0 Å². The highest BCUT2D eigenvalue weighted by Gasteiger charge is 2.34. The zero-order chi connectivity index (χ0) is 19.7. The monoisotopic (exact) mass is 396 g/mol. The quantitative estimate of drug-likeness (QED) is 0.525. The highest BCUT2D eigenvalue weighted by atomic mass is 32.2. The summed E-state index contributed by atoms with van der Waals surface area (Å²) in [6.45, 7) is 3.79. The number of nitrogens with two attached hydrogens (primary N) is 1. The van der Waals surface area contributed by atoms with Gasteiger partial charge in [-0.2, -0.15) is 5.10 Å². The molecule has 9 heteroatoms. The lowest BCUT2D eigenvalue weighted by Gasteiger charge is -2.19. The summed E-state index contributed by atoms with van der Waals surface area (Å²) in [5, 5.41) is 14.5. The first-order valence-electron chi connectivity index (χ1n) is 8.83. The second-order valence-electron chi connectivity index (χ2n) is 6.57. The first-order valence-corrected chi connectivity index (χ1v) is 9.81. The summed E-state index contributed by atoms with van der Waals surface area (Å²) >= 11 is 1.23. The molecule has 1 aliphatic heterocycles. The molecular formula is C19H20N6O2S. The largest absolute Gasteiger partial charge is 0.467 e. The number of hydrogen-bond acceptors (Lipinski definition) is 7. The molecule has 4 rings (SSSR count). The van der Waals surface area contributed by atoms with Gasteiger partial charge in [0.25, 0.3) is 5.91 Å². The molecule has 1 aromatic carbocycles. The van der Waals surface area contributed by atoms with E-state index in [0.29, 0.717) is 23.2 Å². The molecule has 0 bridgehead atoms. The van der Waals surface area contributed by atoms with Gasteiger partial charge in [-0.25, -0.2) is 9.69 Å². The van der Waals surface area contributed by atoms with Crippen molar-refractivity contribution >= 4 is 23.4 Å². The maximum Gasteiger partial charge on any atom is 0.253 e. The zero-order valence-corrected chi connectivity index (χ0v) is 16.4. The van der Waals surface area contributed by atoms with E-state index < -0.39 is 0 Å². The van der Waals surface area contributed by atoms with Crippen LogP contribution in [0.4, 0.5) is 0 Å². The third kappa shape index (κ3) is 3.53. The van der Waals surface area contributed by atoms with Gasteiger partial charge in [-0.05, 0) is 31.5 Å². The number of carbonyl (C=O) groups excluding carboxylic acids is 1. The standard InChI is InChI=1S/C19H20N6O2S/c1-12-5-7-14(8-6-12)15-10-16(17-4-3-9-27-17)25(23-15)18(26)11-28-19-22-21-13(2)24(19)20/h3-9,16H,10-11,20H2,1-2H3/t16-/m0/s1. The molecule has 0 spiro atoms. The number of hydrogen-bond donors (Lipinski definition) is 1. The highest BCUT2D eigenvalue weighted by molar-refractivity contribution is 7.99. The summed E-state index contributed by atoms with van der Waals surface area (Å²) < 4.78 is 6.93. The van der Waals surface area contributed by atoms with Crippen LogP contribution in [0.5, 0.6) is 0 Å². The fraction of sp³-hybridized carbons (Fsp3) is 0.263. The molecule has 1 atom stereocenters. The minimum atomic E-state index is -0.267. The Morgan fingerprint density at radius 2 is 2.04 bits per heavy atom. The molecule has 0 radical (unpaired) electrons. The first kappa shape index (κ1) is 18.3. The van der Waals surface area contributed by atoms with Crippen molar-refractivity contribution in [2.24, 2.45) is 5.10 Å². The Balaban J connectivity index is 1.56. The SMILES string of the molecule is Cc1ccc(C2=NN(C(=O)CSc3nnc(C)n3N)[C@H](c3ccco3)C2)cc1. The maximum atomic E-state index is 12.9. The van der Waals surface area contributed by atoms with Gasteiger partial charge in [-0.3, -0.25) is 4.79 Å². The molecule has 2 aromatic heterocycles. The molecule has 1 amide bonds. The number of thioether (sulfide) groups is 1. The zero-order valence-electron chi connectivity index (χ0n) is 15.6. The predicted octanol–water partition coefficient (Wildman–Crippen LogP) is 2.67. The van der Waals surface area contributed by atoms with E-state index in [1.165, 1.54) is 27.0 Å². The van der Waals surface area contributed by atoms with Gasteiger partial charge in [-0.15, -0.1) is 10.2 Å². The maximum absolute atomic E-state index is 12.9. The minimum Gasteiger partial charge on any atom is -0.467 e. The summed E-state index contributed by atoms with van der Waals surface area (Å²) in [5.74, 6) is 7.16. The van der Waals surface area contributed by atoms with Crippen molar-refractivity contribution in [3.8, 4) is 0 Å². The third-order valence-corrected chi connectivity index (χ3v) is 5.51. The number of nitrogen functional groups attached to an aromatic ring is 1. The molecule has 2 N–H and O–H groups in total. The van der Waals surface area contributed by atoms with E-state index in [4.69, 9.17) is 10.3 Å². The van der Waals surface area contributed by atoms with Crippen LogP contribution in [-0.2, 0) is 4.79 Å². The van der Waals surface area contributed by atoms with Crippen molar-refractivity contribution in [3.05, 3.63) is 65.4 Å². The van der Waals surface area contributed by atoms with Gasteiger partial charge in [0.15, 0.2) is 0 Å². The van der Waals surface area contributed by atoms with Crippen molar-refractivity contribution in [1.29, 1.82) is 0 Å². The van der Waals surface area contributed by atoms with Gasteiger partial charge in [0.05, 0.1) is 17.7 Å². The molecule has 28 heavy (non-hydrogen) atoms. The van der Waals surface area contributed by atoms with E-state index in [9.17, 15) is 4.79 Å². The van der Waals surface area contributed by atoms with E-state index in [1.54, 1.807) is 13.2 Å². The molecule has 8 nitrogen and oxygen atoms in total. The van der Waals surface area contributed by atoms with E-state index in [-0.39, 0.29) is 17.7 Å². The lowest BCUT2D eigenvalue weighted by atomic mass is 10.0. The Kier molecular flexibility index (Phi) is 4.91.